The lowest BCUT2D eigenvalue weighted by atomic mass is 9.84. The second-order valence-electron chi connectivity index (χ2n) is 4.87. The minimum Gasteiger partial charge on any atom is -0.497 e. The topological polar surface area (TPSA) is 55.5 Å². The van der Waals surface area contributed by atoms with E-state index < -0.39 is 0 Å². The Bertz CT molecular complexity index is 337. The largest absolute Gasteiger partial charge is 0.497 e. The highest BCUT2D eigenvalue weighted by molar-refractivity contribution is 5.30. The van der Waals surface area contributed by atoms with Crippen molar-refractivity contribution >= 4 is 0 Å². The molecule has 0 aliphatic heterocycles. The van der Waals surface area contributed by atoms with E-state index in [1.54, 1.807) is 7.11 Å². The summed E-state index contributed by atoms with van der Waals surface area (Å²) in [6, 6.07) is 7.79. The molecule has 3 nitrogen and oxygen atoms in total. The van der Waals surface area contributed by atoms with Crippen LogP contribution >= 0.6 is 0 Å². The molecular weight excluding hydrogens is 226 g/mol. The third-order valence-corrected chi connectivity index (χ3v) is 3.54. The normalized spacial score (nSPS) is 16.1. The molecule has 0 heterocycles. The number of hydrogen-bond acceptors (Lipinski definition) is 3. The molecule has 1 aromatic carbocycles. The fourth-order valence-electron chi connectivity index (χ4n) is 2.35. The molecule has 0 saturated heterocycles. The van der Waals surface area contributed by atoms with Crippen molar-refractivity contribution < 1.29 is 9.84 Å². The monoisotopic (exact) mass is 251 g/mol. The molecule has 0 saturated carbocycles. The average molecular weight is 251 g/mol. The summed E-state index contributed by atoms with van der Waals surface area (Å²) in [4.78, 5) is 0. The lowest BCUT2D eigenvalue weighted by Gasteiger charge is -2.27. The van der Waals surface area contributed by atoms with Crippen LogP contribution in [0.5, 0.6) is 5.75 Å². The van der Waals surface area contributed by atoms with Crippen molar-refractivity contribution in [2.24, 2.45) is 11.7 Å². The van der Waals surface area contributed by atoms with Gasteiger partial charge in [0.25, 0.3) is 0 Å². The summed E-state index contributed by atoms with van der Waals surface area (Å²) in [5, 5.41) is 10.4. The van der Waals surface area contributed by atoms with Gasteiger partial charge in [-0.1, -0.05) is 32.4 Å². The zero-order valence-corrected chi connectivity index (χ0v) is 11.6. The van der Waals surface area contributed by atoms with Crippen molar-refractivity contribution in [1.29, 1.82) is 0 Å². The van der Waals surface area contributed by atoms with Crippen LogP contribution in [-0.4, -0.2) is 24.9 Å². The number of ether oxygens (including phenoxy) is 1. The fraction of sp³-hybridized carbons (Fsp3) is 0.600. The third-order valence-electron chi connectivity index (χ3n) is 3.54. The number of aliphatic hydroxyl groups is 1. The molecule has 0 amide bonds. The molecular formula is C15H25NO2. The summed E-state index contributed by atoms with van der Waals surface area (Å²) in [6.07, 6.45) is 1.72. The van der Waals surface area contributed by atoms with Crippen molar-refractivity contribution in [2.75, 3.05) is 13.7 Å². The van der Waals surface area contributed by atoms with Crippen LogP contribution in [0.15, 0.2) is 24.3 Å². The first-order chi connectivity index (χ1) is 8.63. The van der Waals surface area contributed by atoms with Crippen molar-refractivity contribution in [2.45, 2.75) is 38.7 Å². The molecule has 0 radical (unpaired) electrons. The van der Waals surface area contributed by atoms with Crippen molar-refractivity contribution in [3.05, 3.63) is 29.8 Å². The highest BCUT2D eigenvalue weighted by Gasteiger charge is 2.24. The van der Waals surface area contributed by atoms with Gasteiger partial charge in [-0.25, -0.2) is 0 Å². The van der Waals surface area contributed by atoms with Crippen LogP contribution < -0.4 is 10.5 Å². The third kappa shape index (κ3) is 3.72. The molecule has 0 spiro atoms. The van der Waals surface area contributed by atoms with Gasteiger partial charge in [0.15, 0.2) is 0 Å². The molecule has 18 heavy (non-hydrogen) atoms. The molecule has 0 bridgehead atoms. The molecule has 0 fully saturated rings. The van der Waals surface area contributed by atoms with E-state index >= 15 is 0 Å². The summed E-state index contributed by atoms with van der Waals surface area (Å²) < 4.78 is 5.14. The van der Waals surface area contributed by atoms with Crippen LogP contribution in [-0.2, 0) is 0 Å². The van der Waals surface area contributed by atoms with Crippen molar-refractivity contribution in [3.63, 3.8) is 0 Å². The van der Waals surface area contributed by atoms with Gasteiger partial charge in [-0.15, -0.1) is 0 Å². The maximum absolute atomic E-state index is 10.4. The van der Waals surface area contributed by atoms with Gasteiger partial charge in [0.05, 0.1) is 13.2 Å². The van der Waals surface area contributed by atoms with Gasteiger partial charge in [-0.3, -0.25) is 0 Å². The van der Waals surface area contributed by atoms with Crippen LogP contribution in [0.2, 0.25) is 0 Å². The first-order valence-corrected chi connectivity index (χ1v) is 6.66. The molecule has 0 aromatic heterocycles. The van der Waals surface area contributed by atoms with E-state index in [9.17, 15) is 5.11 Å². The van der Waals surface area contributed by atoms with Crippen molar-refractivity contribution in [1.82, 2.24) is 0 Å². The number of rotatable bonds is 7. The Morgan fingerprint density at radius 1 is 1.28 bits per heavy atom. The number of methoxy groups -OCH3 is 1. The fourth-order valence-corrected chi connectivity index (χ4v) is 2.35. The summed E-state index contributed by atoms with van der Waals surface area (Å²) >= 11 is 0. The predicted octanol–water partition coefficient (Wildman–Crippen LogP) is 2.53. The van der Waals surface area contributed by atoms with E-state index in [2.05, 4.69) is 13.8 Å². The van der Waals surface area contributed by atoms with Gasteiger partial charge >= 0.3 is 0 Å². The van der Waals surface area contributed by atoms with Crippen LogP contribution in [0.25, 0.3) is 0 Å². The van der Waals surface area contributed by atoms with E-state index in [0.717, 1.165) is 24.2 Å². The number of hydrogen-bond donors (Lipinski definition) is 2. The van der Waals surface area contributed by atoms with Crippen molar-refractivity contribution in [3.8, 4) is 5.75 Å². The van der Waals surface area contributed by atoms with Gasteiger partial charge < -0.3 is 15.6 Å². The summed E-state index contributed by atoms with van der Waals surface area (Å²) in [6.45, 7) is 4.68. The summed E-state index contributed by atoms with van der Waals surface area (Å²) in [7, 11) is 1.65. The van der Waals surface area contributed by atoms with E-state index in [1.807, 2.05) is 24.3 Å². The Morgan fingerprint density at radius 3 is 2.33 bits per heavy atom. The molecule has 0 aliphatic rings. The zero-order chi connectivity index (χ0) is 13.5. The van der Waals surface area contributed by atoms with E-state index in [4.69, 9.17) is 10.5 Å². The van der Waals surface area contributed by atoms with Gasteiger partial charge in [0.2, 0.25) is 0 Å². The van der Waals surface area contributed by atoms with E-state index in [0.29, 0.717) is 6.54 Å². The Hall–Kier alpha value is -1.06. The molecule has 102 valence electrons. The van der Waals surface area contributed by atoms with Crippen LogP contribution in [0, 0.1) is 5.92 Å². The van der Waals surface area contributed by atoms with Gasteiger partial charge in [0.1, 0.15) is 5.75 Å². The lowest BCUT2D eigenvalue weighted by Crippen LogP contribution is -2.31. The lowest BCUT2D eigenvalue weighted by molar-refractivity contribution is 0.0858. The Balaban J connectivity index is 2.80. The Labute approximate surface area is 110 Å². The quantitative estimate of drug-likeness (QED) is 0.783. The van der Waals surface area contributed by atoms with Crippen LogP contribution in [0.4, 0.5) is 0 Å². The number of nitrogens with two attached hydrogens (primary N) is 1. The smallest absolute Gasteiger partial charge is 0.118 e. The van der Waals surface area contributed by atoms with Crippen LogP contribution in [0.1, 0.15) is 38.2 Å². The maximum Gasteiger partial charge on any atom is 0.118 e. The van der Waals surface area contributed by atoms with Gasteiger partial charge in [0, 0.05) is 12.5 Å². The highest BCUT2D eigenvalue weighted by atomic mass is 16.5. The molecule has 1 rings (SSSR count). The molecule has 3 heteroatoms. The minimum atomic E-state index is -0.386. The second kappa shape index (κ2) is 7.39. The Morgan fingerprint density at radius 2 is 1.89 bits per heavy atom. The zero-order valence-electron chi connectivity index (χ0n) is 11.6. The standard InChI is InChI=1S/C15H25NO2/c1-4-5-11(2)15(17)14(10-16)12-6-8-13(18-3)9-7-12/h6-9,11,14-15,17H,4-5,10,16H2,1-3H3. The van der Waals surface area contributed by atoms with E-state index in [-0.39, 0.29) is 17.9 Å². The second-order valence-corrected chi connectivity index (χ2v) is 4.87. The average Bonchev–Trinajstić information content (AvgIpc) is 2.40. The SMILES string of the molecule is CCCC(C)C(O)C(CN)c1ccc(OC)cc1. The highest BCUT2D eigenvalue weighted by Crippen LogP contribution is 2.27. The first kappa shape index (κ1) is 15.0. The number of benzene rings is 1. The molecule has 3 atom stereocenters. The summed E-state index contributed by atoms with van der Waals surface area (Å²) in [5.41, 5.74) is 6.90. The van der Waals surface area contributed by atoms with Gasteiger partial charge in [-0.2, -0.15) is 0 Å². The Kier molecular flexibility index (Phi) is 6.16. The van der Waals surface area contributed by atoms with Gasteiger partial charge in [-0.05, 0) is 30.0 Å². The first-order valence-electron chi connectivity index (χ1n) is 6.66. The summed E-state index contributed by atoms with van der Waals surface area (Å²) in [5.74, 6) is 1.09. The molecule has 3 unspecified atom stereocenters. The predicted molar refractivity (Wildman–Crippen MR) is 74.9 cm³/mol. The molecule has 0 aliphatic carbocycles. The molecule has 1 aromatic rings. The molecule has 3 N–H and O–H groups in total. The van der Waals surface area contributed by atoms with E-state index in [1.165, 1.54) is 0 Å². The number of aliphatic hydroxyl groups excluding tert-OH is 1. The minimum absolute atomic E-state index is 0.00236. The maximum atomic E-state index is 10.4. The van der Waals surface area contributed by atoms with Crippen LogP contribution in [0.3, 0.4) is 0 Å².